The first kappa shape index (κ1) is 13.0. The zero-order valence-electron chi connectivity index (χ0n) is 9.72. The van der Waals surface area contributed by atoms with Crippen LogP contribution in [0, 0.1) is 22.7 Å². The van der Waals surface area contributed by atoms with Gasteiger partial charge in [0.1, 0.15) is 6.04 Å². The number of hydrogen-bond acceptors (Lipinski definition) is 2. The minimum atomic E-state index is -0.385. The predicted octanol–water partition coefficient (Wildman–Crippen LogP) is 2.09. The second-order valence-corrected chi connectivity index (χ2v) is 4.56. The van der Waals surface area contributed by atoms with Crippen LogP contribution >= 0.6 is 0 Å². The van der Waals surface area contributed by atoms with Crippen molar-refractivity contribution in [2.24, 2.45) is 11.3 Å². The summed E-state index contributed by atoms with van der Waals surface area (Å²) in [5.74, 6) is 0.108. The quantitative estimate of drug-likeness (QED) is 0.748. The molecule has 14 heavy (non-hydrogen) atoms. The van der Waals surface area contributed by atoms with Crippen LogP contribution in [0.25, 0.3) is 0 Å². The lowest BCUT2D eigenvalue weighted by Gasteiger charge is -2.24. The van der Waals surface area contributed by atoms with Gasteiger partial charge >= 0.3 is 0 Å². The highest BCUT2D eigenvalue weighted by Gasteiger charge is 2.27. The summed E-state index contributed by atoms with van der Waals surface area (Å²) in [6, 6.07) is 1.72. The third kappa shape index (κ3) is 3.37. The van der Waals surface area contributed by atoms with E-state index in [0.717, 1.165) is 6.42 Å². The smallest absolute Gasteiger partial charge is 0.226 e. The topological polar surface area (TPSA) is 52.9 Å². The maximum Gasteiger partial charge on any atom is 0.226 e. The Labute approximate surface area is 86.5 Å². The first-order valence-electron chi connectivity index (χ1n) is 5.05. The number of nitriles is 1. The van der Waals surface area contributed by atoms with Crippen LogP contribution in [0.1, 0.15) is 41.0 Å². The molecular weight excluding hydrogens is 176 g/mol. The molecule has 0 saturated carbocycles. The maximum absolute atomic E-state index is 11.7. The Morgan fingerprint density at radius 2 is 2.00 bits per heavy atom. The van der Waals surface area contributed by atoms with Crippen molar-refractivity contribution in [2.75, 3.05) is 0 Å². The number of carbonyl (C=O) groups excluding carboxylic acids is 1. The lowest BCUT2D eigenvalue weighted by molar-refractivity contribution is -0.130. The summed E-state index contributed by atoms with van der Waals surface area (Å²) < 4.78 is 0. The summed E-state index contributed by atoms with van der Waals surface area (Å²) in [4.78, 5) is 11.7. The predicted molar refractivity (Wildman–Crippen MR) is 56.5 cm³/mol. The van der Waals surface area contributed by atoms with Crippen LogP contribution in [-0.2, 0) is 4.79 Å². The summed E-state index contributed by atoms with van der Waals surface area (Å²) in [7, 11) is 0. The SMILES string of the molecule is CCC(C)(C)C(=O)NC(C#N)C(C)C. The van der Waals surface area contributed by atoms with Gasteiger partial charge < -0.3 is 5.32 Å². The van der Waals surface area contributed by atoms with Gasteiger partial charge in [0, 0.05) is 5.41 Å². The van der Waals surface area contributed by atoms with E-state index in [1.54, 1.807) is 0 Å². The van der Waals surface area contributed by atoms with Crippen LogP contribution in [-0.4, -0.2) is 11.9 Å². The monoisotopic (exact) mass is 196 g/mol. The number of amides is 1. The van der Waals surface area contributed by atoms with Crippen molar-refractivity contribution in [3.63, 3.8) is 0 Å². The van der Waals surface area contributed by atoms with E-state index >= 15 is 0 Å². The first-order valence-corrected chi connectivity index (χ1v) is 5.05. The average Bonchev–Trinajstić information content (AvgIpc) is 2.12. The molecule has 0 aliphatic heterocycles. The van der Waals surface area contributed by atoms with E-state index in [4.69, 9.17) is 5.26 Å². The minimum Gasteiger partial charge on any atom is -0.340 e. The van der Waals surface area contributed by atoms with Crippen molar-refractivity contribution in [3.05, 3.63) is 0 Å². The fourth-order valence-corrected chi connectivity index (χ4v) is 0.845. The van der Waals surface area contributed by atoms with Gasteiger partial charge in [-0.25, -0.2) is 0 Å². The Hall–Kier alpha value is -1.04. The molecule has 0 saturated heterocycles. The molecule has 0 bridgehead atoms. The molecule has 0 aromatic rings. The van der Waals surface area contributed by atoms with Crippen molar-refractivity contribution in [1.29, 1.82) is 5.26 Å². The second kappa shape index (κ2) is 4.99. The average molecular weight is 196 g/mol. The van der Waals surface area contributed by atoms with Gasteiger partial charge in [-0.2, -0.15) is 5.26 Å². The maximum atomic E-state index is 11.7. The van der Waals surface area contributed by atoms with E-state index in [1.807, 2.05) is 34.6 Å². The summed E-state index contributed by atoms with van der Waals surface area (Å²) in [5, 5.41) is 11.6. The van der Waals surface area contributed by atoms with Gasteiger partial charge in [0.15, 0.2) is 0 Å². The van der Waals surface area contributed by atoms with Crippen LogP contribution in [0.4, 0.5) is 0 Å². The third-order valence-electron chi connectivity index (χ3n) is 2.59. The summed E-state index contributed by atoms with van der Waals surface area (Å²) in [5.41, 5.74) is -0.385. The molecule has 0 aromatic heterocycles. The number of carbonyl (C=O) groups is 1. The van der Waals surface area contributed by atoms with Crippen LogP contribution in [0.5, 0.6) is 0 Å². The second-order valence-electron chi connectivity index (χ2n) is 4.56. The Balaban J connectivity index is 4.39. The van der Waals surface area contributed by atoms with Gasteiger partial charge in [0.2, 0.25) is 5.91 Å². The Kier molecular flexibility index (Phi) is 4.62. The highest BCUT2D eigenvalue weighted by atomic mass is 16.2. The van der Waals surface area contributed by atoms with E-state index < -0.39 is 0 Å². The first-order chi connectivity index (χ1) is 6.35. The number of nitrogens with zero attached hydrogens (tertiary/aromatic N) is 1. The van der Waals surface area contributed by atoms with Gasteiger partial charge in [-0.1, -0.05) is 34.6 Å². The Bertz CT molecular complexity index is 238. The van der Waals surface area contributed by atoms with Crippen LogP contribution < -0.4 is 5.32 Å². The third-order valence-corrected chi connectivity index (χ3v) is 2.59. The molecule has 1 amide bonds. The molecule has 0 heterocycles. The van der Waals surface area contributed by atoms with Crippen LogP contribution in [0.15, 0.2) is 0 Å². The molecule has 80 valence electrons. The molecule has 0 radical (unpaired) electrons. The molecule has 3 heteroatoms. The van der Waals surface area contributed by atoms with E-state index in [2.05, 4.69) is 11.4 Å². The van der Waals surface area contributed by atoms with Crippen LogP contribution in [0.3, 0.4) is 0 Å². The molecule has 0 spiro atoms. The fourth-order valence-electron chi connectivity index (χ4n) is 0.845. The van der Waals surface area contributed by atoms with Crippen molar-refractivity contribution < 1.29 is 4.79 Å². The number of nitrogens with one attached hydrogen (secondary N) is 1. The minimum absolute atomic E-state index is 0.0414. The zero-order valence-corrected chi connectivity index (χ0v) is 9.72. The summed E-state index contributed by atoms with van der Waals surface area (Å²) in [6.07, 6.45) is 0.773. The molecule has 0 rings (SSSR count). The molecule has 0 aliphatic carbocycles. The molecule has 0 aromatic carbocycles. The van der Waals surface area contributed by atoms with E-state index in [1.165, 1.54) is 0 Å². The highest BCUT2D eigenvalue weighted by Crippen LogP contribution is 2.20. The van der Waals surface area contributed by atoms with Gasteiger partial charge in [0.25, 0.3) is 0 Å². The molecule has 1 atom stereocenters. The van der Waals surface area contributed by atoms with Crippen molar-refractivity contribution in [2.45, 2.75) is 47.1 Å². The van der Waals surface area contributed by atoms with Gasteiger partial charge in [0.05, 0.1) is 6.07 Å². The highest BCUT2D eigenvalue weighted by molar-refractivity contribution is 5.82. The van der Waals surface area contributed by atoms with Gasteiger partial charge in [-0.15, -0.1) is 0 Å². The molecule has 0 aliphatic rings. The summed E-state index contributed by atoms with van der Waals surface area (Å²) in [6.45, 7) is 9.59. The standard InChI is InChI=1S/C11H20N2O/c1-6-11(4,5)10(14)13-9(7-12)8(2)3/h8-9H,6H2,1-5H3,(H,13,14). The fraction of sp³-hybridized carbons (Fsp3) is 0.818. The lowest BCUT2D eigenvalue weighted by Crippen LogP contribution is -2.44. The number of hydrogen-bond donors (Lipinski definition) is 1. The molecule has 3 nitrogen and oxygen atoms in total. The van der Waals surface area contributed by atoms with Crippen molar-refractivity contribution in [1.82, 2.24) is 5.32 Å². The molecular formula is C11H20N2O. The molecule has 1 unspecified atom stereocenters. The van der Waals surface area contributed by atoms with Gasteiger partial charge in [-0.05, 0) is 12.3 Å². The van der Waals surface area contributed by atoms with Crippen LogP contribution in [0.2, 0.25) is 0 Å². The molecule has 1 N–H and O–H groups in total. The van der Waals surface area contributed by atoms with E-state index in [9.17, 15) is 4.79 Å². The zero-order chi connectivity index (χ0) is 11.4. The van der Waals surface area contributed by atoms with Crippen molar-refractivity contribution in [3.8, 4) is 6.07 Å². The largest absolute Gasteiger partial charge is 0.340 e. The number of rotatable bonds is 4. The van der Waals surface area contributed by atoms with E-state index in [-0.39, 0.29) is 23.3 Å². The van der Waals surface area contributed by atoms with Gasteiger partial charge in [-0.3, -0.25) is 4.79 Å². The Morgan fingerprint density at radius 3 is 2.29 bits per heavy atom. The normalized spacial score (nSPS) is 13.5. The van der Waals surface area contributed by atoms with E-state index in [0.29, 0.717) is 0 Å². The summed E-state index contributed by atoms with van der Waals surface area (Å²) >= 11 is 0. The lowest BCUT2D eigenvalue weighted by atomic mass is 9.88. The Morgan fingerprint density at radius 1 is 1.50 bits per heavy atom. The van der Waals surface area contributed by atoms with Crippen molar-refractivity contribution >= 4 is 5.91 Å². The molecule has 0 fully saturated rings.